The van der Waals surface area contributed by atoms with Crippen molar-refractivity contribution in [2.24, 2.45) is 0 Å². The van der Waals surface area contributed by atoms with Gasteiger partial charge in [-0.15, -0.1) is 0 Å². The summed E-state index contributed by atoms with van der Waals surface area (Å²) >= 11 is 0. The summed E-state index contributed by atoms with van der Waals surface area (Å²) in [5.41, 5.74) is 1.17. The molecule has 0 radical (unpaired) electrons. The fraction of sp³-hybridized carbons (Fsp3) is 0.786. The van der Waals surface area contributed by atoms with E-state index in [1.54, 1.807) is 7.11 Å². The smallest absolute Gasteiger partial charge is 0.155 e. The molecule has 1 saturated carbocycles. The van der Waals surface area contributed by atoms with E-state index in [9.17, 15) is 4.79 Å². The number of allylic oxidation sites excluding steroid dienone is 2. The van der Waals surface area contributed by atoms with E-state index in [1.165, 1.54) is 24.8 Å². The van der Waals surface area contributed by atoms with Crippen LogP contribution in [0.4, 0.5) is 0 Å². The number of ether oxygens (including phenoxy) is 1. The normalized spacial score (nSPS) is 17.3. The molecule has 0 saturated heterocycles. The van der Waals surface area contributed by atoms with E-state index >= 15 is 0 Å². The summed E-state index contributed by atoms with van der Waals surface area (Å²) in [7, 11) is 1.70. The molecule has 2 heteroatoms. The Hall–Kier alpha value is -0.630. The Kier molecular flexibility index (Phi) is 5.20. The molecule has 0 heterocycles. The average molecular weight is 224 g/mol. The lowest BCUT2D eigenvalue weighted by Crippen LogP contribution is -2.23. The molecule has 0 aromatic rings. The third-order valence-electron chi connectivity index (χ3n) is 3.39. The first-order valence-electron chi connectivity index (χ1n) is 6.31. The molecule has 0 atom stereocenters. The van der Waals surface area contributed by atoms with Crippen LogP contribution in [0.15, 0.2) is 11.6 Å². The summed E-state index contributed by atoms with van der Waals surface area (Å²) in [5.74, 6) is 0.266. The van der Waals surface area contributed by atoms with Gasteiger partial charge in [-0.05, 0) is 52.0 Å². The van der Waals surface area contributed by atoms with Gasteiger partial charge in [0.15, 0.2) is 5.78 Å². The van der Waals surface area contributed by atoms with E-state index in [2.05, 4.69) is 0 Å². The van der Waals surface area contributed by atoms with Gasteiger partial charge in [0, 0.05) is 13.5 Å². The highest BCUT2D eigenvalue weighted by Crippen LogP contribution is 2.23. The molecular formula is C14H24O2. The van der Waals surface area contributed by atoms with Crippen LogP contribution < -0.4 is 0 Å². The molecule has 0 aliphatic heterocycles. The number of methoxy groups -OCH3 is 1. The Balaban J connectivity index is 2.35. The molecule has 0 aromatic heterocycles. The summed E-state index contributed by atoms with van der Waals surface area (Å²) in [6.45, 7) is 4.04. The molecule has 0 spiro atoms. The number of carbonyl (C=O) groups excluding carboxylic acids is 1. The second kappa shape index (κ2) is 6.19. The minimum Gasteiger partial charge on any atom is -0.379 e. The molecule has 2 nitrogen and oxygen atoms in total. The van der Waals surface area contributed by atoms with Crippen molar-refractivity contribution in [3.63, 3.8) is 0 Å². The molecule has 0 N–H and O–H groups in total. The lowest BCUT2D eigenvalue weighted by Gasteiger charge is -2.22. The van der Waals surface area contributed by atoms with Crippen molar-refractivity contribution < 1.29 is 9.53 Å². The van der Waals surface area contributed by atoms with Crippen molar-refractivity contribution in [2.45, 2.75) is 64.4 Å². The number of rotatable bonds is 5. The van der Waals surface area contributed by atoms with E-state index < -0.39 is 0 Å². The summed E-state index contributed by atoms with van der Waals surface area (Å²) in [5, 5.41) is 0. The van der Waals surface area contributed by atoms with Crippen LogP contribution in [-0.2, 0) is 9.53 Å². The summed E-state index contributed by atoms with van der Waals surface area (Å²) in [6, 6.07) is 0. The third kappa shape index (κ3) is 4.93. The third-order valence-corrected chi connectivity index (χ3v) is 3.39. The molecule has 1 fully saturated rings. The van der Waals surface area contributed by atoms with Gasteiger partial charge in [-0.25, -0.2) is 0 Å². The van der Waals surface area contributed by atoms with Crippen LogP contribution >= 0.6 is 0 Å². The van der Waals surface area contributed by atoms with E-state index in [-0.39, 0.29) is 11.4 Å². The van der Waals surface area contributed by atoms with Crippen molar-refractivity contribution in [3.05, 3.63) is 11.6 Å². The second-order valence-electron chi connectivity index (χ2n) is 5.29. The largest absolute Gasteiger partial charge is 0.379 e. The first-order chi connectivity index (χ1) is 7.53. The number of carbonyl (C=O) groups is 1. The van der Waals surface area contributed by atoms with Crippen molar-refractivity contribution >= 4 is 5.78 Å². The second-order valence-corrected chi connectivity index (χ2v) is 5.29. The fourth-order valence-electron chi connectivity index (χ4n) is 1.98. The van der Waals surface area contributed by atoms with Gasteiger partial charge in [0.25, 0.3) is 0 Å². The molecule has 0 amide bonds. The molecule has 1 rings (SSSR count). The first-order valence-corrected chi connectivity index (χ1v) is 6.31. The molecular weight excluding hydrogens is 200 g/mol. The van der Waals surface area contributed by atoms with Crippen LogP contribution in [-0.4, -0.2) is 18.5 Å². The maximum Gasteiger partial charge on any atom is 0.155 e. The summed E-state index contributed by atoms with van der Waals surface area (Å²) in [6.07, 6.45) is 9.35. The highest BCUT2D eigenvalue weighted by atomic mass is 16.5. The van der Waals surface area contributed by atoms with E-state index in [0.717, 1.165) is 19.3 Å². The molecule has 1 aliphatic carbocycles. The number of hydrogen-bond donors (Lipinski definition) is 0. The predicted molar refractivity (Wildman–Crippen MR) is 66.5 cm³/mol. The highest BCUT2D eigenvalue weighted by molar-refractivity contribution is 5.90. The van der Waals surface area contributed by atoms with Crippen LogP contribution in [0.5, 0.6) is 0 Å². The van der Waals surface area contributed by atoms with Crippen molar-refractivity contribution in [1.29, 1.82) is 0 Å². The minimum absolute atomic E-state index is 0.180. The van der Waals surface area contributed by atoms with Crippen molar-refractivity contribution in [3.8, 4) is 0 Å². The van der Waals surface area contributed by atoms with Crippen molar-refractivity contribution in [2.75, 3.05) is 7.11 Å². The molecule has 0 bridgehead atoms. The van der Waals surface area contributed by atoms with Gasteiger partial charge < -0.3 is 4.74 Å². The van der Waals surface area contributed by atoms with Gasteiger partial charge in [0.05, 0.1) is 5.60 Å². The van der Waals surface area contributed by atoms with Gasteiger partial charge in [-0.3, -0.25) is 4.79 Å². The highest BCUT2D eigenvalue weighted by Gasteiger charge is 2.17. The summed E-state index contributed by atoms with van der Waals surface area (Å²) < 4.78 is 5.31. The zero-order valence-corrected chi connectivity index (χ0v) is 10.8. The lowest BCUT2D eigenvalue weighted by atomic mass is 9.93. The Labute approximate surface area is 99.1 Å². The number of hydrogen-bond acceptors (Lipinski definition) is 2. The molecule has 1 aliphatic rings. The van der Waals surface area contributed by atoms with E-state index in [4.69, 9.17) is 4.74 Å². The quantitative estimate of drug-likeness (QED) is 0.666. The molecule has 0 aromatic carbocycles. The topological polar surface area (TPSA) is 26.3 Å². The van der Waals surface area contributed by atoms with Crippen LogP contribution in [0.1, 0.15) is 58.8 Å². The van der Waals surface area contributed by atoms with Crippen molar-refractivity contribution in [1.82, 2.24) is 0 Å². The van der Waals surface area contributed by atoms with Crippen LogP contribution in [0.3, 0.4) is 0 Å². The fourth-order valence-corrected chi connectivity index (χ4v) is 1.98. The first kappa shape index (κ1) is 13.4. The molecule has 16 heavy (non-hydrogen) atoms. The van der Waals surface area contributed by atoms with Crippen LogP contribution in [0.25, 0.3) is 0 Å². The van der Waals surface area contributed by atoms with E-state index in [0.29, 0.717) is 6.42 Å². The Morgan fingerprint density at radius 1 is 1.31 bits per heavy atom. The Morgan fingerprint density at radius 3 is 2.50 bits per heavy atom. The standard InChI is InChI=1S/C14H24O2/c1-14(2,16-3)10-9-13(15)11-12-7-5-4-6-8-12/h11H,4-10H2,1-3H3. The molecule has 0 unspecified atom stereocenters. The monoisotopic (exact) mass is 224 g/mol. The summed E-state index contributed by atoms with van der Waals surface area (Å²) in [4.78, 5) is 11.7. The Morgan fingerprint density at radius 2 is 1.94 bits per heavy atom. The lowest BCUT2D eigenvalue weighted by molar-refractivity contribution is -0.116. The minimum atomic E-state index is -0.180. The van der Waals surface area contributed by atoms with Gasteiger partial charge >= 0.3 is 0 Å². The molecule has 92 valence electrons. The van der Waals surface area contributed by atoms with Gasteiger partial charge in [-0.2, -0.15) is 0 Å². The van der Waals surface area contributed by atoms with Gasteiger partial charge in [0.1, 0.15) is 0 Å². The Bertz CT molecular complexity index is 256. The SMILES string of the molecule is COC(C)(C)CCC(=O)C=C1CCCCC1. The number of ketones is 1. The predicted octanol–water partition coefficient (Wildman–Crippen LogP) is 3.65. The van der Waals surface area contributed by atoms with Crippen LogP contribution in [0, 0.1) is 0 Å². The van der Waals surface area contributed by atoms with E-state index in [1.807, 2.05) is 19.9 Å². The maximum absolute atomic E-state index is 11.7. The van der Waals surface area contributed by atoms with Crippen LogP contribution in [0.2, 0.25) is 0 Å². The zero-order valence-electron chi connectivity index (χ0n) is 10.8. The zero-order chi connectivity index (χ0) is 12.0. The van der Waals surface area contributed by atoms with Gasteiger partial charge in [0.2, 0.25) is 0 Å². The maximum atomic E-state index is 11.7. The van der Waals surface area contributed by atoms with Gasteiger partial charge in [-0.1, -0.05) is 12.0 Å². The average Bonchev–Trinajstić information content (AvgIpc) is 2.28.